The molecule has 0 spiro atoms. The number of nitrogens with one attached hydrogen (secondary N) is 1. The predicted octanol–water partition coefficient (Wildman–Crippen LogP) is 5.29. The van der Waals surface area contributed by atoms with Crippen molar-refractivity contribution >= 4 is 34.1 Å². The molecule has 6 rings (SSSR count). The first-order valence-corrected chi connectivity index (χ1v) is 13.4. The van der Waals surface area contributed by atoms with Crippen molar-refractivity contribution < 1.29 is 4.79 Å². The number of hydrogen-bond donors (Lipinski definition) is 1. The summed E-state index contributed by atoms with van der Waals surface area (Å²) in [6, 6.07) is 18.3. The van der Waals surface area contributed by atoms with E-state index in [1.807, 2.05) is 49.6 Å². The highest BCUT2D eigenvalue weighted by Gasteiger charge is 2.50. The van der Waals surface area contributed by atoms with E-state index in [0.717, 1.165) is 73.3 Å². The minimum atomic E-state index is -0.620. The van der Waals surface area contributed by atoms with Crippen LogP contribution < -0.4 is 4.90 Å². The largest absolute Gasteiger partial charge is 0.368 e. The minimum absolute atomic E-state index is 0.273. The molecule has 37 heavy (non-hydrogen) atoms. The van der Waals surface area contributed by atoms with Crippen LogP contribution in [0.3, 0.4) is 0 Å². The number of pyridine rings is 1. The van der Waals surface area contributed by atoms with Gasteiger partial charge in [0, 0.05) is 55.9 Å². The first-order chi connectivity index (χ1) is 18.1. The lowest BCUT2D eigenvalue weighted by atomic mass is 9.82. The zero-order chi connectivity index (χ0) is 25.4. The van der Waals surface area contributed by atoms with Crippen LogP contribution >= 0.6 is 11.6 Å². The molecule has 2 aromatic carbocycles. The number of hydrogen-bond acceptors (Lipinski definition) is 6. The van der Waals surface area contributed by atoms with Crippen molar-refractivity contribution in [3.63, 3.8) is 0 Å². The van der Waals surface area contributed by atoms with Gasteiger partial charge in [-0.3, -0.25) is 9.89 Å². The first kappa shape index (κ1) is 24.1. The van der Waals surface area contributed by atoms with Crippen LogP contribution in [-0.4, -0.2) is 63.7 Å². The van der Waals surface area contributed by atoms with E-state index in [1.54, 1.807) is 0 Å². The number of ketones is 1. The lowest BCUT2D eigenvalue weighted by Crippen LogP contribution is -2.60. The van der Waals surface area contributed by atoms with Crippen LogP contribution in [0.15, 0.2) is 67.0 Å². The van der Waals surface area contributed by atoms with Crippen LogP contribution in [0.5, 0.6) is 0 Å². The number of rotatable bonds is 6. The molecule has 1 atom stereocenters. The molecule has 8 heteroatoms. The summed E-state index contributed by atoms with van der Waals surface area (Å²) < 4.78 is 0. The predicted molar refractivity (Wildman–Crippen MR) is 147 cm³/mol. The number of Topliss-reactive ketones (excluding diaryl/α,β-unsaturated/α-hetero) is 1. The molecular weight excluding hydrogens is 484 g/mol. The molecule has 2 aliphatic rings. The molecule has 2 fully saturated rings. The molecule has 1 N–H and O–H groups in total. The van der Waals surface area contributed by atoms with Gasteiger partial charge in [-0.25, -0.2) is 15.0 Å². The third-order valence-electron chi connectivity index (χ3n) is 7.90. The molecule has 0 amide bonds. The van der Waals surface area contributed by atoms with Crippen LogP contribution in [0.2, 0.25) is 5.02 Å². The van der Waals surface area contributed by atoms with Crippen molar-refractivity contribution in [1.29, 1.82) is 0 Å². The van der Waals surface area contributed by atoms with E-state index in [4.69, 9.17) is 11.6 Å². The molecule has 4 aromatic rings. The fourth-order valence-electron chi connectivity index (χ4n) is 6.16. The minimum Gasteiger partial charge on any atom is -0.368 e. The van der Waals surface area contributed by atoms with Crippen molar-refractivity contribution in [2.75, 3.05) is 37.6 Å². The van der Waals surface area contributed by atoms with Crippen molar-refractivity contribution in [2.24, 2.45) is 0 Å². The van der Waals surface area contributed by atoms with Crippen molar-refractivity contribution in [1.82, 2.24) is 25.2 Å². The Bertz CT molecular complexity index is 1400. The number of fused-ring (bicyclic) bond motifs is 1. The van der Waals surface area contributed by atoms with Crippen LogP contribution in [0.1, 0.15) is 31.7 Å². The second-order valence-electron chi connectivity index (χ2n) is 9.83. The van der Waals surface area contributed by atoms with Gasteiger partial charge >= 0.3 is 0 Å². The smallest absolute Gasteiger partial charge is 0.158 e. The third-order valence-corrected chi connectivity index (χ3v) is 8.16. The summed E-state index contributed by atoms with van der Waals surface area (Å²) >= 11 is 6.20. The molecule has 0 aliphatic carbocycles. The summed E-state index contributed by atoms with van der Waals surface area (Å²) in [6.07, 6.45) is 6.16. The SMILES string of the molecule is CCC(=O)[C@@]1(c2ccc(Cl)cc2)CCCN1N1CCN(c2c(-c3ccccc3)cnc3[nH]ncc23)CC1. The maximum Gasteiger partial charge on any atom is 0.158 e. The summed E-state index contributed by atoms with van der Waals surface area (Å²) in [5, 5.41) is 13.8. The number of benzene rings is 2. The summed E-state index contributed by atoms with van der Waals surface area (Å²) in [5.41, 5.74) is 4.65. The maximum atomic E-state index is 13.5. The number of H-pyrrole nitrogens is 1. The molecule has 2 saturated heterocycles. The van der Waals surface area contributed by atoms with E-state index in [0.29, 0.717) is 11.4 Å². The third kappa shape index (κ3) is 4.11. The van der Waals surface area contributed by atoms with Gasteiger partial charge in [-0.1, -0.05) is 61.0 Å². The lowest BCUT2D eigenvalue weighted by molar-refractivity contribution is -0.147. The number of anilines is 1. The Morgan fingerprint density at radius 1 is 1.00 bits per heavy atom. The van der Waals surface area contributed by atoms with E-state index >= 15 is 0 Å². The monoisotopic (exact) mass is 514 g/mol. The van der Waals surface area contributed by atoms with Gasteiger partial charge in [0.05, 0.1) is 17.3 Å². The Morgan fingerprint density at radius 3 is 2.49 bits per heavy atom. The second kappa shape index (κ2) is 9.89. The molecule has 0 radical (unpaired) electrons. The molecule has 0 saturated carbocycles. The van der Waals surface area contributed by atoms with E-state index in [1.165, 1.54) is 5.69 Å². The van der Waals surface area contributed by atoms with Crippen LogP contribution in [0.25, 0.3) is 22.2 Å². The summed E-state index contributed by atoms with van der Waals surface area (Å²) in [6.45, 7) is 6.21. The number of halogens is 1. The van der Waals surface area contributed by atoms with Gasteiger partial charge in [-0.15, -0.1) is 0 Å². The average molecular weight is 515 g/mol. The Hall–Kier alpha value is -3.26. The fourth-order valence-corrected chi connectivity index (χ4v) is 6.29. The van der Waals surface area contributed by atoms with Crippen LogP contribution in [0.4, 0.5) is 5.69 Å². The zero-order valence-electron chi connectivity index (χ0n) is 21.0. The molecule has 2 aromatic heterocycles. The zero-order valence-corrected chi connectivity index (χ0v) is 21.8. The van der Waals surface area contributed by atoms with E-state index in [2.05, 4.69) is 54.4 Å². The molecule has 190 valence electrons. The quantitative estimate of drug-likeness (QED) is 0.377. The number of hydrazine groups is 1. The number of nitrogens with zero attached hydrogens (tertiary/aromatic N) is 5. The number of carbonyl (C=O) groups excluding carboxylic acids is 1. The highest BCUT2D eigenvalue weighted by Crippen LogP contribution is 2.43. The van der Waals surface area contributed by atoms with Gasteiger partial charge in [-0.05, 0) is 36.1 Å². The molecule has 2 aliphatic heterocycles. The Morgan fingerprint density at radius 2 is 1.76 bits per heavy atom. The molecular formula is C29H31ClN6O. The lowest BCUT2D eigenvalue weighted by Gasteiger charge is -2.47. The first-order valence-electron chi connectivity index (χ1n) is 13.1. The van der Waals surface area contributed by atoms with E-state index in [9.17, 15) is 4.79 Å². The van der Waals surface area contributed by atoms with Gasteiger partial charge in [0.2, 0.25) is 0 Å². The number of aromatic nitrogens is 3. The normalized spacial score (nSPS) is 21.1. The summed E-state index contributed by atoms with van der Waals surface area (Å²) in [7, 11) is 0. The van der Waals surface area contributed by atoms with Crippen molar-refractivity contribution in [2.45, 2.75) is 31.7 Å². The number of aromatic amines is 1. The fraction of sp³-hybridized carbons (Fsp3) is 0.345. The van der Waals surface area contributed by atoms with Gasteiger partial charge in [0.1, 0.15) is 5.54 Å². The highest BCUT2D eigenvalue weighted by atomic mass is 35.5. The number of carbonyl (C=O) groups is 1. The number of piperazine rings is 1. The highest BCUT2D eigenvalue weighted by molar-refractivity contribution is 6.30. The van der Waals surface area contributed by atoms with Gasteiger partial charge < -0.3 is 4.90 Å². The van der Waals surface area contributed by atoms with Gasteiger partial charge in [0.15, 0.2) is 11.4 Å². The molecule has 0 bridgehead atoms. The topological polar surface area (TPSA) is 68.4 Å². The van der Waals surface area contributed by atoms with Crippen LogP contribution in [-0.2, 0) is 10.3 Å². The maximum absolute atomic E-state index is 13.5. The van der Waals surface area contributed by atoms with Crippen molar-refractivity contribution in [3.05, 3.63) is 77.6 Å². The molecule has 0 unspecified atom stereocenters. The standard InChI is InChI=1S/C29H31ClN6O/c1-2-26(37)29(22-9-11-23(30)12-10-22)13-6-14-36(29)35-17-15-34(16-18-35)27-24(21-7-4-3-5-8-21)19-31-28-25(27)20-32-33-28/h3-5,7-12,19-20H,2,6,13-18H2,1H3,(H,31,32,33)/t29-/m0/s1. The summed E-state index contributed by atoms with van der Waals surface area (Å²) in [5.74, 6) is 0.273. The van der Waals surface area contributed by atoms with E-state index in [-0.39, 0.29) is 5.78 Å². The average Bonchev–Trinajstić information content (AvgIpc) is 3.61. The Labute approximate surface area is 222 Å². The van der Waals surface area contributed by atoms with Gasteiger partial charge in [-0.2, -0.15) is 5.10 Å². The summed E-state index contributed by atoms with van der Waals surface area (Å²) in [4.78, 5) is 20.6. The van der Waals surface area contributed by atoms with Crippen molar-refractivity contribution in [3.8, 4) is 11.1 Å². The molecule has 4 heterocycles. The Kier molecular flexibility index (Phi) is 6.44. The van der Waals surface area contributed by atoms with Gasteiger partial charge in [0.25, 0.3) is 0 Å². The van der Waals surface area contributed by atoms with Crippen LogP contribution in [0, 0.1) is 0 Å². The molecule has 7 nitrogen and oxygen atoms in total. The second-order valence-corrected chi connectivity index (χ2v) is 10.3. The van der Waals surface area contributed by atoms with E-state index < -0.39 is 5.54 Å². The Balaban J connectivity index is 1.31.